The number of halogens is 2. The molecule has 0 heterocycles. The van der Waals surface area contributed by atoms with E-state index in [1.165, 1.54) is 12.1 Å². The number of carbonyl (C=O) groups excluding carboxylic acids is 1. The fourth-order valence-electron chi connectivity index (χ4n) is 2.44. The Morgan fingerprint density at radius 1 is 1.21 bits per heavy atom. The molecule has 8 nitrogen and oxygen atoms in total. The van der Waals surface area contributed by atoms with E-state index in [4.69, 9.17) is 21.1 Å². The van der Waals surface area contributed by atoms with Gasteiger partial charge in [-0.05, 0) is 30.7 Å². The molecule has 1 N–H and O–H groups in total. The molecule has 0 bridgehead atoms. The minimum absolute atomic E-state index is 0.00782. The van der Waals surface area contributed by atoms with Crippen LogP contribution in [0.1, 0.15) is 11.1 Å². The Bertz CT molecular complexity index is 844. The highest BCUT2D eigenvalue weighted by atomic mass is 35.5. The number of ether oxygens (including phenoxy) is 2. The number of hydrogen-bond acceptors (Lipinski definition) is 7. The summed E-state index contributed by atoms with van der Waals surface area (Å²) in [5.74, 6) is -1.01. The summed E-state index contributed by atoms with van der Waals surface area (Å²) >= 11 is 6.05. The number of hydrogen-bond donors (Lipinski definition) is 1. The van der Waals surface area contributed by atoms with Crippen molar-refractivity contribution in [2.45, 2.75) is 13.3 Å². The molecule has 0 atom stereocenters. The summed E-state index contributed by atoms with van der Waals surface area (Å²) < 4.78 is 24.2. The average Bonchev–Trinajstić information content (AvgIpc) is 2.65. The Hall–Kier alpha value is -2.91. The van der Waals surface area contributed by atoms with Gasteiger partial charge in [0, 0.05) is 5.69 Å². The van der Waals surface area contributed by atoms with Gasteiger partial charge in [0.15, 0.2) is 0 Å². The van der Waals surface area contributed by atoms with E-state index in [2.05, 4.69) is 10.2 Å². The van der Waals surface area contributed by atoms with Crippen LogP contribution in [0.3, 0.4) is 0 Å². The molecule has 2 aromatic carbocycles. The minimum Gasteiger partial charge on any atom is -0.463 e. The van der Waals surface area contributed by atoms with Gasteiger partial charge < -0.3 is 19.6 Å². The van der Waals surface area contributed by atoms with Crippen molar-refractivity contribution in [3.63, 3.8) is 0 Å². The lowest BCUT2D eigenvalue weighted by Crippen LogP contribution is -2.15. The van der Waals surface area contributed by atoms with Crippen molar-refractivity contribution < 1.29 is 28.6 Å². The maximum absolute atomic E-state index is 14.0. The van der Waals surface area contributed by atoms with Crippen LogP contribution in [0.25, 0.3) is 0 Å². The van der Waals surface area contributed by atoms with E-state index in [0.29, 0.717) is 11.3 Å². The first kappa shape index (κ1) is 22.4. The third-order valence-electron chi connectivity index (χ3n) is 3.73. The molecule has 0 saturated carbocycles. The molecule has 2 aromatic rings. The summed E-state index contributed by atoms with van der Waals surface area (Å²) in [6.07, 6.45) is -0.0412. The highest BCUT2D eigenvalue weighted by molar-refractivity contribution is 6.33. The number of benzene rings is 2. The number of nitrogens with zero attached hydrogens (tertiary/aromatic N) is 1. The summed E-state index contributed by atoms with van der Waals surface area (Å²) in [6, 6.07) is 9.70. The number of anilines is 2. The van der Waals surface area contributed by atoms with Crippen LogP contribution >= 0.6 is 11.6 Å². The van der Waals surface area contributed by atoms with E-state index in [1.54, 1.807) is 18.2 Å². The van der Waals surface area contributed by atoms with E-state index in [1.807, 2.05) is 13.0 Å². The Morgan fingerprint density at radius 3 is 2.69 bits per heavy atom. The Morgan fingerprint density at radius 2 is 1.97 bits per heavy atom. The lowest BCUT2D eigenvalue weighted by molar-refractivity contribution is -0.758. The predicted molar refractivity (Wildman–Crippen MR) is 104 cm³/mol. The van der Waals surface area contributed by atoms with E-state index >= 15 is 0 Å². The van der Waals surface area contributed by atoms with Gasteiger partial charge in [-0.3, -0.25) is 4.79 Å². The van der Waals surface area contributed by atoms with Gasteiger partial charge in [0.05, 0.1) is 30.3 Å². The lowest BCUT2D eigenvalue weighted by Gasteiger charge is -2.14. The van der Waals surface area contributed by atoms with Gasteiger partial charge >= 0.3 is 5.97 Å². The Labute approximate surface area is 171 Å². The zero-order valence-electron chi connectivity index (χ0n) is 15.7. The van der Waals surface area contributed by atoms with Crippen LogP contribution in [-0.2, 0) is 25.5 Å². The van der Waals surface area contributed by atoms with Crippen LogP contribution in [0, 0.1) is 22.9 Å². The molecule has 0 aromatic heterocycles. The van der Waals surface area contributed by atoms with E-state index in [0.717, 1.165) is 5.56 Å². The highest BCUT2D eigenvalue weighted by Crippen LogP contribution is 2.30. The molecular formula is C19H20ClFN2O6. The Kier molecular flexibility index (Phi) is 8.63. The maximum atomic E-state index is 14.0. The number of esters is 1. The predicted octanol–water partition coefficient (Wildman–Crippen LogP) is 3.84. The molecule has 0 spiro atoms. The lowest BCUT2D eigenvalue weighted by atomic mass is 10.1. The van der Waals surface area contributed by atoms with Crippen molar-refractivity contribution in [2.24, 2.45) is 0 Å². The van der Waals surface area contributed by atoms with Gasteiger partial charge in [-0.25, -0.2) is 4.39 Å². The van der Waals surface area contributed by atoms with Crippen molar-refractivity contribution >= 4 is 28.9 Å². The second kappa shape index (κ2) is 11.2. The highest BCUT2D eigenvalue weighted by Gasteiger charge is 2.13. The standard InChI is InChI=1S/C19H20ClFN2O6/c1-13-5-6-17(22-19-15(20)3-2-4-16(19)21)14(11-13)12-18(24)28-9-7-27-8-10-29-23(25)26/h2-6,11,22H,7-10,12H2,1H3. The Balaban J connectivity index is 1.90. The van der Waals surface area contributed by atoms with Crippen LogP contribution in [0.4, 0.5) is 15.8 Å². The minimum atomic E-state index is -0.911. The second-order valence-electron chi connectivity index (χ2n) is 5.95. The molecule has 0 aliphatic heterocycles. The van der Waals surface area contributed by atoms with Crippen molar-refractivity contribution in [2.75, 3.05) is 31.7 Å². The SMILES string of the molecule is Cc1ccc(Nc2c(F)cccc2Cl)c(CC(=O)OCCOCCO[N+](=O)[O-])c1. The van der Waals surface area contributed by atoms with E-state index in [9.17, 15) is 19.3 Å². The second-order valence-corrected chi connectivity index (χ2v) is 6.36. The molecular weight excluding hydrogens is 407 g/mol. The molecule has 0 radical (unpaired) electrons. The first-order valence-electron chi connectivity index (χ1n) is 8.68. The van der Waals surface area contributed by atoms with Gasteiger partial charge in [-0.2, -0.15) is 0 Å². The summed E-state index contributed by atoms with van der Waals surface area (Å²) in [5, 5.41) is 12.2. The van der Waals surface area contributed by atoms with Crippen LogP contribution in [-0.4, -0.2) is 37.5 Å². The number of carbonyl (C=O) groups is 1. The van der Waals surface area contributed by atoms with Crippen LogP contribution in [0.15, 0.2) is 36.4 Å². The molecule has 0 saturated heterocycles. The molecule has 0 fully saturated rings. The number of aryl methyl sites for hydroxylation is 1. The topological polar surface area (TPSA) is 99.9 Å². The largest absolute Gasteiger partial charge is 0.463 e. The molecule has 0 amide bonds. The summed E-state index contributed by atoms with van der Waals surface area (Å²) in [5.41, 5.74) is 2.20. The van der Waals surface area contributed by atoms with Gasteiger partial charge in [0.25, 0.3) is 5.09 Å². The van der Waals surface area contributed by atoms with Gasteiger partial charge in [-0.15, -0.1) is 10.1 Å². The van der Waals surface area contributed by atoms with E-state index in [-0.39, 0.29) is 43.6 Å². The first-order chi connectivity index (χ1) is 13.9. The van der Waals surface area contributed by atoms with Crippen LogP contribution in [0.5, 0.6) is 0 Å². The molecule has 156 valence electrons. The van der Waals surface area contributed by atoms with Crippen molar-refractivity contribution in [1.82, 2.24) is 0 Å². The van der Waals surface area contributed by atoms with Gasteiger partial charge in [0.1, 0.15) is 19.0 Å². The smallest absolute Gasteiger partial charge is 0.310 e. The number of rotatable bonds is 11. The molecule has 0 unspecified atom stereocenters. The van der Waals surface area contributed by atoms with Crippen molar-refractivity contribution in [3.05, 3.63) is 68.5 Å². The fraction of sp³-hybridized carbons (Fsp3) is 0.316. The average molecular weight is 427 g/mol. The third kappa shape index (κ3) is 7.55. The summed E-state index contributed by atoms with van der Waals surface area (Å²) in [6.45, 7) is 1.75. The van der Waals surface area contributed by atoms with Crippen LogP contribution < -0.4 is 5.32 Å². The molecule has 2 rings (SSSR count). The number of nitrogens with one attached hydrogen (secondary N) is 1. The normalized spacial score (nSPS) is 10.4. The van der Waals surface area contributed by atoms with Crippen molar-refractivity contribution in [1.29, 1.82) is 0 Å². The molecule has 29 heavy (non-hydrogen) atoms. The van der Waals surface area contributed by atoms with Crippen molar-refractivity contribution in [3.8, 4) is 0 Å². The third-order valence-corrected chi connectivity index (χ3v) is 4.05. The monoisotopic (exact) mass is 426 g/mol. The summed E-state index contributed by atoms with van der Waals surface area (Å²) in [7, 11) is 0. The first-order valence-corrected chi connectivity index (χ1v) is 9.06. The van der Waals surface area contributed by atoms with Gasteiger partial charge in [-0.1, -0.05) is 35.4 Å². The zero-order chi connectivity index (χ0) is 21.2. The van der Waals surface area contributed by atoms with Crippen LogP contribution in [0.2, 0.25) is 5.02 Å². The number of para-hydroxylation sites is 1. The van der Waals surface area contributed by atoms with E-state index < -0.39 is 16.9 Å². The molecule has 0 aliphatic carbocycles. The quantitative estimate of drug-likeness (QED) is 0.252. The molecule has 10 heteroatoms. The van der Waals surface area contributed by atoms with Gasteiger partial charge in [0.2, 0.25) is 0 Å². The summed E-state index contributed by atoms with van der Waals surface area (Å²) in [4.78, 5) is 26.2. The maximum Gasteiger partial charge on any atom is 0.310 e. The molecule has 0 aliphatic rings. The fourth-order valence-corrected chi connectivity index (χ4v) is 2.65. The zero-order valence-corrected chi connectivity index (χ0v) is 16.4.